The maximum Gasteiger partial charge on any atom is 0.270 e. The summed E-state index contributed by atoms with van der Waals surface area (Å²) < 4.78 is 58.6. The predicted molar refractivity (Wildman–Crippen MR) is 102 cm³/mol. The Hall–Kier alpha value is -1.27. The molecule has 2 aliphatic rings. The average molecular weight is 400 g/mol. The van der Waals surface area contributed by atoms with Gasteiger partial charge in [-0.2, -0.15) is 0 Å². The van der Waals surface area contributed by atoms with Gasteiger partial charge in [-0.15, -0.1) is 0 Å². The fraction of sp³-hybridized carbons (Fsp3) is 0.727. The third-order valence-corrected chi connectivity index (χ3v) is 6.09. The summed E-state index contributed by atoms with van der Waals surface area (Å²) in [4.78, 5) is 0. The normalized spacial score (nSPS) is 28.5. The van der Waals surface area contributed by atoms with Gasteiger partial charge in [0.15, 0.2) is 0 Å². The molecule has 0 N–H and O–H groups in total. The third kappa shape index (κ3) is 4.82. The predicted octanol–water partition coefficient (Wildman–Crippen LogP) is 6.02. The van der Waals surface area contributed by atoms with Crippen LogP contribution in [-0.2, 0) is 9.47 Å². The molecule has 0 amide bonds. The summed E-state index contributed by atoms with van der Waals surface area (Å²) in [5.41, 5.74) is -0.312. The van der Waals surface area contributed by atoms with Gasteiger partial charge in [-0.3, -0.25) is 0 Å². The number of ether oxygens (including phenoxy) is 3. The summed E-state index contributed by atoms with van der Waals surface area (Å²) in [5.74, 6) is -0.590. The summed E-state index contributed by atoms with van der Waals surface area (Å²) in [5, 5.41) is 0. The standard InChI is InChI=1S/C22H31F3O3/c1-3-26-16-8-5-14(6-9-16)18-11-7-15(13-28-18)17-10-12-19(27-4-2)20(21(17)23)22(24)25/h10,12,14-16,18,22H,3-9,11,13H2,1-2H3. The number of alkyl halides is 2. The Morgan fingerprint density at radius 3 is 2.36 bits per heavy atom. The lowest BCUT2D eigenvalue weighted by Crippen LogP contribution is -2.35. The minimum atomic E-state index is -2.90. The van der Waals surface area contributed by atoms with Crippen molar-refractivity contribution >= 4 is 0 Å². The van der Waals surface area contributed by atoms with E-state index in [0.29, 0.717) is 24.2 Å². The summed E-state index contributed by atoms with van der Waals surface area (Å²) in [6.45, 7) is 5.07. The van der Waals surface area contributed by atoms with E-state index in [0.717, 1.165) is 45.1 Å². The van der Waals surface area contributed by atoms with Gasteiger partial charge in [-0.25, -0.2) is 13.2 Å². The summed E-state index contributed by atoms with van der Waals surface area (Å²) >= 11 is 0. The lowest BCUT2D eigenvalue weighted by molar-refractivity contribution is -0.0576. The van der Waals surface area contributed by atoms with E-state index < -0.39 is 17.8 Å². The van der Waals surface area contributed by atoms with Gasteiger partial charge in [0, 0.05) is 12.5 Å². The largest absolute Gasteiger partial charge is 0.493 e. The van der Waals surface area contributed by atoms with Crippen LogP contribution in [0.1, 0.15) is 75.8 Å². The van der Waals surface area contributed by atoms with Crippen LogP contribution < -0.4 is 4.74 Å². The zero-order valence-corrected chi connectivity index (χ0v) is 16.8. The van der Waals surface area contributed by atoms with Crippen molar-refractivity contribution < 1.29 is 27.4 Å². The first-order chi connectivity index (χ1) is 13.5. The molecule has 3 nitrogen and oxygen atoms in total. The second kappa shape index (κ2) is 9.97. The molecule has 2 fully saturated rings. The SMILES string of the molecule is CCOc1ccc(C2CCC(C3CCC(OCC)CC3)OC2)c(F)c1C(F)F. The Kier molecular flexibility index (Phi) is 7.63. The van der Waals surface area contributed by atoms with Gasteiger partial charge in [-0.05, 0) is 69.9 Å². The molecule has 2 atom stereocenters. The molecule has 3 rings (SSSR count). The van der Waals surface area contributed by atoms with Crippen LogP contribution in [-0.4, -0.2) is 32.0 Å². The summed E-state index contributed by atoms with van der Waals surface area (Å²) in [6, 6.07) is 3.04. The molecule has 1 aromatic rings. The van der Waals surface area contributed by atoms with Crippen LogP contribution in [0.4, 0.5) is 13.2 Å². The fourth-order valence-electron chi connectivity index (χ4n) is 4.64. The highest BCUT2D eigenvalue weighted by Crippen LogP contribution is 2.40. The monoisotopic (exact) mass is 400 g/mol. The van der Waals surface area contributed by atoms with Crippen molar-refractivity contribution in [2.24, 2.45) is 5.92 Å². The maximum absolute atomic E-state index is 14.8. The van der Waals surface area contributed by atoms with Crippen molar-refractivity contribution in [2.45, 2.75) is 76.9 Å². The van der Waals surface area contributed by atoms with Crippen LogP contribution >= 0.6 is 0 Å². The van der Waals surface area contributed by atoms with Gasteiger partial charge in [-0.1, -0.05) is 6.07 Å². The minimum absolute atomic E-state index is 0.0700. The molecule has 1 heterocycles. The highest BCUT2D eigenvalue weighted by Gasteiger charge is 2.34. The Labute approximate surface area is 165 Å². The maximum atomic E-state index is 14.8. The van der Waals surface area contributed by atoms with E-state index in [1.54, 1.807) is 13.0 Å². The van der Waals surface area contributed by atoms with Crippen molar-refractivity contribution in [3.05, 3.63) is 29.1 Å². The minimum Gasteiger partial charge on any atom is -0.493 e. The van der Waals surface area contributed by atoms with E-state index >= 15 is 0 Å². The molecular formula is C22H31F3O3. The van der Waals surface area contributed by atoms with Crippen molar-refractivity contribution in [1.82, 2.24) is 0 Å². The van der Waals surface area contributed by atoms with E-state index in [9.17, 15) is 13.2 Å². The van der Waals surface area contributed by atoms with Crippen LogP contribution in [0.3, 0.4) is 0 Å². The van der Waals surface area contributed by atoms with Gasteiger partial charge in [0.25, 0.3) is 6.43 Å². The molecule has 28 heavy (non-hydrogen) atoms. The number of rotatable bonds is 7. The quantitative estimate of drug-likeness (QED) is 0.560. The zero-order valence-electron chi connectivity index (χ0n) is 16.8. The lowest BCUT2D eigenvalue weighted by Gasteiger charge is -2.38. The smallest absolute Gasteiger partial charge is 0.270 e. The number of hydrogen-bond donors (Lipinski definition) is 0. The first-order valence-electron chi connectivity index (χ1n) is 10.5. The average Bonchev–Trinajstić information content (AvgIpc) is 2.69. The molecule has 1 saturated heterocycles. The number of halogens is 3. The van der Waals surface area contributed by atoms with Crippen molar-refractivity contribution in [1.29, 1.82) is 0 Å². The molecule has 0 bridgehead atoms. The molecule has 0 spiro atoms. The molecule has 2 unspecified atom stereocenters. The van der Waals surface area contributed by atoms with Gasteiger partial charge in [0.2, 0.25) is 0 Å². The van der Waals surface area contributed by atoms with Crippen LogP contribution in [0.5, 0.6) is 5.75 Å². The number of benzene rings is 1. The lowest BCUT2D eigenvalue weighted by atomic mass is 9.79. The third-order valence-electron chi connectivity index (χ3n) is 6.09. The molecular weight excluding hydrogens is 369 g/mol. The Balaban J connectivity index is 1.61. The van der Waals surface area contributed by atoms with Crippen molar-refractivity contribution in [2.75, 3.05) is 19.8 Å². The van der Waals surface area contributed by atoms with Crippen molar-refractivity contribution in [3.63, 3.8) is 0 Å². The Bertz CT molecular complexity index is 622. The van der Waals surface area contributed by atoms with Crippen molar-refractivity contribution in [3.8, 4) is 5.75 Å². The van der Waals surface area contributed by atoms with E-state index in [2.05, 4.69) is 0 Å². The molecule has 0 aromatic heterocycles. The molecule has 0 radical (unpaired) electrons. The fourth-order valence-corrected chi connectivity index (χ4v) is 4.64. The van der Waals surface area contributed by atoms with Gasteiger partial charge < -0.3 is 14.2 Å². The highest BCUT2D eigenvalue weighted by molar-refractivity contribution is 5.41. The first-order valence-corrected chi connectivity index (χ1v) is 10.5. The van der Waals surface area contributed by atoms with E-state index in [1.165, 1.54) is 6.07 Å². The zero-order chi connectivity index (χ0) is 20.1. The van der Waals surface area contributed by atoms with Crippen LogP contribution in [0.15, 0.2) is 12.1 Å². The number of hydrogen-bond acceptors (Lipinski definition) is 3. The molecule has 1 saturated carbocycles. The Morgan fingerprint density at radius 2 is 1.79 bits per heavy atom. The highest BCUT2D eigenvalue weighted by atomic mass is 19.3. The van der Waals surface area contributed by atoms with E-state index in [-0.39, 0.29) is 24.4 Å². The summed E-state index contributed by atoms with van der Waals surface area (Å²) in [6.07, 6.45) is 3.54. The molecule has 1 aromatic carbocycles. The molecule has 1 aliphatic carbocycles. The van der Waals surface area contributed by atoms with Gasteiger partial charge in [0.05, 0.1) is 31.0 Å². The molecule has 6 heteroatoms. The summed E-state index contributed by atoms with van der Waals surface area (Å²) in [7, 11) is 0. The van der Waals surface area contributed by atoms with E-state index in [1.807, 2.05) is 6.92 Å². The van der Waals surface area contributed by atoms with Crippen LogP contribution in [0, 0.1) is 11.7 Å². The van der Waals surface area contributed by atoms with Gasteiger partial charge >= 0.3 is 0 Å². The molecule has 158 valence electrons. The molecule has 1 aliphatic heterocycles. The topological polar surface area (TPSA) is 27.7 Å². The second-order valence-corrected chi connectivity index (χ2v) is 7.75. The van der Waals surface area contributed by atoms with E-state index in [4.69, 9.17) is 14.2 Å². The van der Waals surface area contributed by atoms with Crippen LogP contribution in [0.25, 0.3) is 0 Å². The van der Waals surface area contributed by atoms with Crippen LogP contribution in [0.2, 0.25) is 0 Å². The Morgan fingerprint density at radius 1 is 1.04 bits per heavy atom. The second-order valence-electron chi connectivity index (χ2n) is 7.75. The van der Waals surface area contributed by atoms with Gasteiger partial charge in [0.1, 0.15) is 11.6 Å². The first kappa shape index (κ1) is 21.4.